The summed E-state index contributed by atoms with van der Waals surface area (Å²) in [4.78, 5) is -2.16. The Morgan fingerprint density at radius 1 is 1.12 bits per heavy atom. The van der Waals surface area contributed by atoms with Gasteiger partial charge in [-0.15, -0.1) is 0 Å². The first-order valence-electron chi connectivity index (χ1n) is 3.98. The van der Waals surface area contributed by atoms with Crippen molar-refractivity contribution in [3.05, 3.63) is 0 Å². The maximum Gasteiger partial charge on any atom is 0.351 e. The van der Waals surface area contributed by atoms with Crippen molar-refractivity contribution in [3.63, 3.8) is 0 Å². The Morgan fingerprint density at radius 3 is 1.76 bits per heavy atom. The standard InChI is InChI=1S/C5H13O9PS2/c1-12-15(6,13-2)5(4-16(7,8)9)17(10,11)14-3/h5H,4H2,1-3H3,(H,7,8,9). The number of hydrogen-bond donors (Lipinski definition) is 1. The molecule has 0 radical (unpaired) electrons. The largest absolute Gasteiger partial charge is 0.351 e. The minimum Gasteiger partial charge on any atom is -0.311 e. The summed E-state index contributed by atoms with van der Waals surface area (Å²) < 4.78 is 77.5. The van der Waals surface area contributed by atoms with Gasteiger partial charge in [-0.25, -0.2) is 0 Å². The van der Waals surface area contributed by atoms with E-state index in [0.29, 0.717) is 0 Å². The van der Waals surface area contributed by atoms with Crippen LogP contribution in [-0.4, -0.2) is 53.5 Å². The van der Waals surface area contributed by atoms with Crippen molar-refractivity contribution in [2.24, 2.45) is 0 Å². The van der Waals surface area contributed by atoms with E-state index in [9.17, 15) is 21.4 Å². The third-order valence-corrected chi connectivity index (χ3v) is 7.75. The Kier molecular flexibility index (Phi) is 5.73. The van der Waals surface area contributed by atoms with Gasteiger partial charge in [0.25, 0.3) is 20.2 Å². The Labute approximate surface area is 99.5 Å². The van der Waals surface area contributed by atoms with Crippen LogP contribution in [0.2, 0.25) is 0 Å². The maximum absolute atomic E-state index is 11.9. The molecular formula is C5H13O9PS2. The zero-order valence-corrected chi connectivity index (χ0v) is 11.8. The van der Waals surface area contributed by atoms with Crippen LogP contribution in [-0.2, 0) is 38.0 Å². The van der Waals surface area contributed by atoms with E-state index in [1.54, 1.807) is 0 Å². The lowest BCUT2D eigenvalue weighted by atomic mass is 10.9. The SMILES string of the molecule is COP(=O)(OC)C(CS(=O)(=O)O)S(=O)(=O)OC. The highest BCUT2D eigenvalue weighted by atomic mass is 32.2. The quantitative estimate of drug-likeness (QED) is 0.380. The van der Waals surface area contributed by atoms with E-state index in [0.717, 1.165) is 21.3 Å². The molecule has 0 amide bonds. The summed E-state index contributed by atoms with van der Waals surface area (Å²) in [7, 11) is -11.0. The zero-order chi connectivity index (χ0) is 13.9. The molecule has 0 aliphatic rings. The molecule has 12 heteroatoms. The van der Waals surface area contributed by atoms with Crippen LogP contribution in [0, 0.1) is 0 Å². The van der Waals surface area contributed by atoms with Crippen LogP contribution in [0.4, 0.5) is 0 Å². The second-order valence-corrected chi connectivity index (χ2v) is 8.94. The van der Waals surface area contributed by atoms with Crippen LogP contribution in [0.15, 0.2) is 0 Å². The van der Waals surface area contributed by atoms with E-state index in [2.05, 4.69) is 13.2 Å². The Bertz CT molecular complexity index is 483. The lowest BCUT2D eigenvalue weighted by Crippen LogP contribution is -2.31. The third-order valence-electron chi connectivity index (χ3n) is 1.78. The molecule has 0 heterocycles. The van der Waals surface area contributed by atoms with Gasteiger partial charge in [0, 0.05) is 14.2 Å². The van der Waals surface area contributed by atoms with Crippen molar-refractivity contribution in [1.29, 1.82) is 0 Å². The van der Waals surface area contributed by atoms with Gasteiger partial charge in [-0.2, -0.15) is 16.8 Å². The molecule has 0 bridgehead atoms. The molecule has 0 fully saturated rings. The first-order valence-corrected chi connectivity index (χ1v) is 8.67. The fraction of sp³-hybridized carbons (Fsp3) is 1.00. The summed E-state index contributed by atoms with van der Waals surface area (Å²) in [5.41, 5.74) is 0. The van der Waals surface area contributed by atoms with Crippen LogP contribution in [0.25, 0.3) is 0 Å². The Morgan fingerprint density at radius 2 is 1.53 bits per heavy atom. The van der Waals surface area contributed by atoms with E-state index in [4.69, 9.17) is 4.55 Å². The molecule has 104 valence electrons. The molecule has 1 atom stereocenters. The van der Waals surface area contributed by atoms with E-state index in [1.807, 2.05) is 0 Å². The highest BCUT2D eigenvalue weighted by Gasteiger charge is 2.47. The normalized spacial score (nSPS) is 15.8. The summed E-state index contributed by atoms with van der Waals surface area (Å²) >= 11 is 0. The molecule has 0 aromatic carbocycles. The Hall–Kier alpha value is -0.0300. The smallest absolute Gasteiger partial charge is 0.311 e. The minimum atomic E-state index is -4.71. The molecule has 17 heavy (non-hydrogen) atoms. The lowest BCUT2D eigenvalue weighted by Gasteiger charge is -2.21. The second-order valence-electron chi connectivity index (χ2n) is 2.77. The van der Waals surface area contributed by atoms with Crippen molar-refractivity contribution in [3.8, 4) is 0 Å². The van der Waals surface area contributed by atoms with Crippen LogP contribution >= 0.6 is 7.60 Å². The fourth-order valence-corrected chi connectivity index (χ4v) is 6.65. The van der Waals surface area contributed by atoms with Crippen LogP contribution in [0.1, 0.15) is 0 Å². The molecule has 9 nitrogen and oxygen atoms in total. The first kappa shape index (κ1) is 17.0. The van der Waals surface area contributed by atoms with Gasteiger partial charge in [-0.1, -0.05) is 0 Å². The maximum atomic E-state index is 11.9. The molecule has 1 N–H and O–H groups in total. The molecule has 0 saturated heterocycles. The van der Waals surface area contributed by atoms with Crippen molar-refractivity contribution in [1.82, 2.24) is 0 Å². The molecule has 0 aliphatic carbocycles. The van der Waals surface area contributed by atoms with E-state index >= 15 is 0 Å². The number of rotatable bonds is 7. The van der Waals surface area contributed by atoms with Gasteiger partial charge in [0.15, 0.2) is 0 Å². The van der Waals surface area contributed by atoms with Gasteiger partial charge in [0.05, 0.1) is 7.11 Å². The zero-order valence-electron chi connectivity index (χ0n) is 9.26. The minimum absolute atomic E-state index is 0.752. The lowest BCUT2D eigenvalue weighted by molar-refractivity contribution is 0.271. The second kappa shape index (κ2) is 5.74. The summed E-state index contributed by atoms with van der Waals surface area (Å²) in [5, 5.41) is 0. The van der Waals surface area contributed by atoms with E-state index in [-0.39, 0.29) is 0 Å². The van der Waals surface area contributed by atoms with Crippen molar-refractivity contribution < 1.29 is 39.2 Å². The summed E-state index contributed by atoms with van der Waals surface area (Å²) in [6.07, 6.45) is 0. The van der Waals surface area contributed by atoms with E-state index in [1.165, 1.54) is 0 Å². The molecule has 0 rings (SSSR count). The molecule has 0 spiro atoms. The Balaban J connectivity index is 5.66. The van der Waals surface area contributed by atoms with Crippen LogP contribution in [0.5, 0.6) is 0 Å². The van der Waals surface area contributed by atoms with Gasteiger partial charge in [-0.05, 0) is 0 Å². The van der Waals surface area contributed by atoms with Crippen LogP contribution < -0.4 is 0 Å². The van der Waals surface area contributed by atoms with Gasteiger partial charge in [-0.3, -0.25) is 13.3 Å². The van der Waals surface area contributed by atoms with Gasteiger partial charge in [0.2, 0.25) is 4.99 Å². The number of hydrogen-bond acceptors (Lipinski definition) is 8. The average molecular weight is 312 g/mol. The molecule has 0 aromatic heterocycles. The molecule has 0 aromatic rings. The highest BCUT2D eigenvalue weighted by molar-refractivity contribution is 7.96. The van der Waals surface area contributed by atoms with Crippen molar-refractivity contribution in [2.45, 2.75) is 4.99 Å². The predicted octanol–water partition coefficient (Wildman–Crippen LogP) is -0.338. The van der Waals surface area contributed by atoms with Gasteiger partial charge in [0.1, 0.15) is 5.75 Å². The highest BCUT2D eigenvalue weighted by Crippen LogP contribution is 2.54. The molecule has 0 aliphatic heterocycles. The molecule has 1 unspecified atom stereocenters. The topological polar surface area (TPSA) is 133 Å². The van der Waals surface area contributed by atoms with Crippen molar-refractivity contribution >= 4 is 27.8 Å². The first-order chi connectivity index (χ1) is 7.52. The van der Waals surface area contributed by atoms with Crippen molar-refractivity contribution in [2.75, 3.05) is 27.1 Å². The summed E-state index contributed by atoms with van der Waals surface area (Å²) in [5.74, 6) is -1.36. The van der Waals surface area contributed by atoms with Crippen LogP contribution in [0.3, 0.4) is 0 Å². The summed E-state index contributed by atoms with van der Waals surface area (Å²) in [6.45, 7) is 0. The van der Waals surface area contributed by atoms with Gasteiger partial charge < -0.3 is 9.05 Å². The fourth-order valence-electron chi connectivity index (χ4n) is 0.934. The molecule has 0 saturated carbocycles. The monoisotopic (exact) mass is 312 g/mol. The molecular weight excluding hydrogens is 299 g/mol. The van der Waals surface area contributed by atoms with Gasteiger partial charge >= 0.3 is 7.60 Å². The summed E-state index contributed by atoms with van der Waals surface area (Å²) in [6, 6.07) is 0. The average Bonchev–Trinajstić information content (AvgIpc) is 2.23. The van der Waals surface area contributed by atoms with E-state index < -0.39 is 38.6 Å². The third kappa shape index (κ3) is 4.62. The predicted molar refractivity (Wildman–Crippen MR) is 57.8 cm³/mol.